The average Bonchev–Trinajstić information content (AvgIpc) is 3.19. The Bertz CT molecular complexity index is 510. The highest BCUT2D eigenvalue weighted by molar-refractivity contribution is 5.94. The molecular formula is C16H24N4O. The lowest BCUT2D eigenvalue weighted by Gasteiger charge is -2.11. The van der Waals surface area contributed by atoms with E-state index in [0.29, 0.717) is 24.7 Å². The van der Waals surface area contributed by atoms with Crippen LogP contribution in [-0.4, -0.2) is 31.5 Å². The minimum atomic E-state index is -0.0304. The van der Waals surface area contributed by atoms with Crippen molar-refractivity contribution in [2.75, 3.05) is 13.6 Å². The van der Waals surface area contributed by atoms with Crippen LogP contribution in [-0.2, 0) is 6.54 Å². The molecule has 1 aliphatic carbocycles. The van der Waals surface area contributed by atoms with Crippen molar-refractivity contribution in [3.8, 4) is 0 Å². The first-order chi connectivity index (χ1) is 10.1. The quantitative estimate of drug-likeness (QED) is 0.568. The largest absolute Gasteiger partial charge is 0.353 e. The first kappa shape index (κ1) is 15.4. The molecule has 0 aliphatic heterocycles. The number of carbonyl (C=O) groups excluding carboxylic acids is 1. The van der Waals surface area contributed by atoms with Gasteiger partial charge in [-0.2, -0.15) is 0 Å². The summed E-state index contributed by atoms with van der Waals surface area (Å²) in [6.45, 7) is 5.47. The Morgan fingerprint density at radius 3 is 2.48 bits per heavy atom. The van der Waals surface area contributed by atoms with Crippen molar-refractivity contribution in [1.29, 1.82) is 0 Å². The fourth-order valence-electron chi connectivity index (χ4n) is 2.12. The number of hydrogen-bond donors (Lipinski definition) is 3. The molecule has 0 bridgehead atoms. The number of nitrogens with zero attached hydrogens (tertiary/aromatic N) is 1. The van der Waals surface area contributed by atoms with Crippen molar-refractivity contribution in [2.24, 2.45) is 10.9 Å². The summed E-state index contributed by atoms with van der Waals surface area (Å²) >= 11 is 0. The lowest BCUT2D eigenvalue weighted by Crippen LogP contribution is -2.38. The monoisotopic (exact) mass is 288 g/mol. The van der Waals surface area contributed by atoms with Crippen LogP contribution in [0.25, 0.3) is 0 Å². The second-order valence-corrected chi connectivity index (χ2v) is 5.45. The van der Waals surface area contributed by atoms with Crippen LogP contribution in [0.15, 0.2) is 29.3 Å². The zero-order valence-electron chi connectivity index (χ0n) is 12.9. The number of amides is 1. The molecule has 0 heterocycles. The summed E-state index contributed by atoms with van der Waals surface area (Å²) in [5.74, 6) is 1.54. The maximum absolute atomic E-state index is 11.7. The maximum Gasteiger partial charge on any atom is 0.251 e. The lowest BCUT2D eigenvalue weighted by molar-refractivity contribution is 0.0956. The van der Waals surface area contributed by atoms with Crippen molar-refractivity contribution in [3.63, 3.8) is 0 Å². The molecule has 1 amide bonds. The second-order valence-electron chi connectivity index (χ2n) is 5.45. The van der Waals surface area contributed by atoms with Crippen LogP contribution in [0.2, 0.25) is 0 Å². The van der Waals surface area contributed by atoms with Gasteiger partial charge >= 0.3 is 0 Å². The number of rotatable bonds is 5. The molecule has 2 atom stereocenters. The van der Waals surface area contributed by atoms with Gasteiger partial charge in [-0.25, -0.2) is 0 Å². The summed E-state index contributed by atoms with van der Waals surface area (Å²) < 4.78 is 0. The molecular weight excluding hydrogens is 264 g/mol. The van der Waals surface area contributed by atoms with Crippen LogP contribution in [0.1, 0.15) is 36.2 Å². The lowest BCUT2D eigenvalue weighted by atomic mass is 10.1. The summed E-state index contributed by atoms with van der Waals surface area (Å²) in [6, 6.07) is 8.17. The predicted octanol–water partition coefficient (Wildman–Crippen LogP) is 1.51. The number of nitrogens with one attached hydrogen (secondary N) is 3. The molecule has 2 rings (SSSR count). The Morgan fingerprint density at radius 2 is 1.95 bits per heavy atom. The Kier molecular flexibility index (Phi) is 5.20. The molecule has 1 aromatic rings. The molecule has 0 saturated heterocycles. The van der Waals surface area contributed by atoms with Crippen LogP contribution < -0.4 is 16.0 Å². The molecule has 1 saturated carbocycles. The molecule has 0 aromatic heterocycles. The Hall–Kier alpha value is -2.04. The van der Waals surface area contributed by atoms with Gasteiger partial charge in [0.2, 0.25) is 0 Å². The van der Waals surface area contributed by atoms with Gasteiger partial charge in [0.1, 0.15) is 0 Å². The van der Waals surface area contributed by atoms with E-state index in [1.54, 1.807) is 7.05 Å². The van der Waals surface area contributed by atoms with Gasteiger partial charge in [0.15, 0.2) is 5.96 Å². The van der Waals surface area contributed by atoms with Crippen molar-refractivity contribution in [2.45, 2.75) is 32.9 Å². The third-order valence-electron chi connectivity index (χ3n) is 3.67. The molecule has 1 aromatic carbocycles. The second kappa shape index (κ2) is 7.11. The van der Waals surface area contributed by atoms with E-state index in [2.05, 4.69) is 27.9 Å². The molecule has 0 spiro atoms. The van der Waals surface area contributed by atoms with Crippen LogP contribution in [0.5, 0.6) is 0 Å². The third-order valence-corrected chi connectivity index (χ3v) is 3.67. The minimum absolute atomic E-state index is 0.0304. The molecule has 5 nitrogen and oxygen atoms in total. The number of benzene rings is 1. The first-order valence-electron chi connectivity index (χ1n) is 7.48. The van der Waals surface area contributed by atoms with Crippen LogP contribution in [0.4, 0.5) is 0 Å². The number of guanidine groups is 1. The molecule has 3 N–H and O–H groups in total. The zero-order valence-corrected chi connectivity index (χ0v) is 12.9. The molecule has 1 aliphatic rings. The maximum atomic E-state index is 11.7. The number of hydrogen-bond acceptors (Lipinski definition) is 2. The predicted molar refractivity (Wildman–Crippen MR) is 85.4 cm³/mol. The minimum Gasteiger partial charge on any atom is -0.353 e. The highest BCUT2D eigenvalue weighted by Crippen LogP contribution is 2.28. The van der Waals surface area contributed by atoms with E-state index < -0.39 is 0 Å². The molecule has 5 heteroatoms. The molecule has 0 radical (unpaired) electrons. The normalized spacial score (nSPS) is 20.8. The SMILES string of the molecule is CCNC(=O)c1ccc(CNC(=NC)NC2CC2C)cc1. The summed E-state index contributed by atoms with van der Waals surface area (Å²) in [6.07, 6.45) is 1.21. The van der Waals surface area contributed by atoms with Crippen LogP contribution >= 0.6 is 0 Å². The standard InChI is InChI=1S/C16H24N4O/c1-4-18-15(21)13-7-5-12(6-8-13)10-19-16(17-3)20-14-9-11(14)2/h5-8,11,14H,4,9-10H2,1-3H3,(H,18,21)(H2,17,19,20). The smallest absolute Gasteiger partial charge is 0.251 e. The molecule has 114 valence electrons. The van der Waals surface area contributed by atoms with Crippen molar-refractivity contribution in [1.82, 2.24) is 16.0 Å². The number of aliphatic imine (C=N–C) groups is 1. The molecule has 2 unspecified atom stereocenters. The number of carbonyl (C=O) groups is 1. The van der Waals surface area contributed by atoms with E-state index in [1.165, 1.54) is 6.42 Å². The van der Waals surface area contributed by atoms with Gasteiger partial charge in [0, 0.05) is 31.7 Å². The molecule has 21 heavy (non-hydrogen) atoms. The Morgan fingerprint density at radius 1 is 1.29 bits per heavy atom. The highest BCUT2D eigenvalue weighted by Gasteiger charge is 2.33. The van der Waals surface area contributed by atoms with Crippen molar-refractivity contribution >= 4 is 11.9 Å². The van der Waals surface area contributed by atoms with Gasteiger partial charge < -0.3 is 16.0 Å². The summed E-state index contributed by atoms with van der Waals surface area (Å²) in [5, 5.41) is 9.46. The summed E-state index contributed by atoms with van der Waals surface area (Å²) in [7, 11) is 1.78. The van der Waals surface area contributed by atoms with Crippen LogP contribution in [0, 0.1) is 5.92 Å². The van der Waals surface area contributed by atoms with Gasteiger partial charge in [-0.05, 0) is 37.0 Å². The van der Waals surface area contributed by atoms with E-state index in [1.807, 2.05) is 31.2 Å². The average molecular weight is 288 g/mol. The Balaban J connectivity index is 1.83. The van der Waals surface area contributed by atoms with Gasteiger partial charge in [-0.15, -0.1) is 0 Å². The fraction of sp³-hybridized carbons (Fsp3) is 0.500. The van der Waals surface area contributed by atoms with Crippen LogP contribution in [0.3, 0.4) is 0 Å². The fourth-order valence-corrected chi connectivity index (χ4v) is 2.12. The zero-order chi connectivity index (χ0) is 15.2. The molecule has 1 fully saturated rings. The van der Waals surface area contributed by atoms with Gasteiger partial charge in [-0.3, -0.25) is 9.79 Å². The highest BCUT2D eigenvalue weighted by atomic mass is 16.1. The summed E-state index contributed by atoms with van der Waals surface area (Å²) in [4.78, 5) is 15.9. The van der Waals surface area contributed by atoms with E-state index >= 15 is 0 Å². The Labute approximate surface area is 126 Å². The summed E-state index contributed by atoms with van der Waals surface area (Å²) in [5.41, 5.74) is 1.81. The van der Waals surface area contributed by atoms with Gasteiger partial charge in [0.25, 0.3) is 5.91 Å². The van der Waals surface area contributed by atoms with E-state index in [-0.39, 0.29) is 5.91 Å². The van der Waals surface area contributed by atoms with Crippen molar-refractivity contribution < 1.29 is 4.79 Å². The van der Waals surface area contributed by atoms with E-state index in [0.717, 1.165) is 17.4 Å². The van der Waals surface area contributed by atoms with Gasteiger partial charge in [-0.1, -0.05) is 19.1 Å². The topological polar surface area (TPSA) is 65.5 Å². The van der Waals surface area contributed by atoms with Crippen molar-refractivity contribution in [3.05, 3.63) is 35.4 Å². The van der Waals surface area contributed by atoms with Gasteiger partial charge in [0.05, 0.1) is 0 Å². The van der Waals surface area contributed by atoms with E-state index in [4.69, 9.17) is 0 Å². The first-order valence-corrected chi connectivity index (χ1v) is 7.48. The third kappa shape index (κ3) is 4.48. The van der Waals surface area contributed by atoms with E-state index in [9.17, 15) is 4.79 Å².